The Morgan fingerprint density at radius 1 is 1.32 bits per heavy atom. The molecule has 3 rings (SSSR count). The molecule has 3 fully saturated rings. The second kappa shape index (κ2) is 5.32. The summed E-state index contributed by atoms with van der Waals surface area (Å²) in [5.74, 6) is 0. The smallest absolute Gasteiger partial charge is 0.0675 e. The van der Waals surface area contributed by atoms with Crippen molar-refractivity contribution >= 4 is 0 Å². The van der Waals surface area contributed by atoms with E-state index in [-0.39, 0.29) is 5.54 Å². The Bertz CT molecular complexity index is 325. The van der Waals surface area contributed by atoms with Crippen LogP contribution in [-0.4, -0.2) is 66.3 Å². The Morgan fingerprint density at radius 3 is 2.95 bits per heavy atom. The number of hydrogen-bond donors (Lipinski definition) is 1. The third-order valence-corrected chi connectivity index (χ3v) is 5.58. The summed E-state index contributed by atoms with van der Waals surface area (Å²) in [6.45, 7) is 9.73. The zero-order valence-corrected chi connectivity index (χ0v) is 12.5. The number of fused-ring (bicyclic) bond motifs is 1. The van der Waals surface area contributed by atoms with Gasteiger partial charge in [-0.15, -0.1) is 0 Å². The molecule has 3 aliphatic heterocycles. The lowest BCUT2D eigenvalue weighted by atomic mass is 9.80. The van der Waals surface area contributed by atoms with E-state index < -0.39 is 0 Å². The highest BCUT2D eigenvalue weighted by Gasteiger charge is 2.46. The van der Waals surface area contributed by atoms with E-state index in [0.29, 0.717) is 12.1 Å². The molecule has 0 aliphatic carbocycles. The molecule has 3 aliphatic rings. The van der Waals surface area contributed by atoms with Crippen molar-refractivity contribution in [3.8, 4) is 0 Å². The Morgan fingerprint density at radius 2 is 2.16 bits per heavy atom. The van der Waals surface area contributed by atoms with E-state index in [0.717, 1.165) is 25.7 Å². The van der Waals surface area contributed by atoms with Gasteiger partial charge in [0.15, 0.2) is 0 Å². The summed E-state index contributed by atoms with van der Waals surface area (Å²) in [6.07, 6.45) is 5.59. The van der Waals surface area contributed by atoms with E-state index in [2.05, 4.69) is 23.6 Å². The number of piperidine rings is 1. The molecule has 3 saturated heterocycles. The fourth-order valence-electron chi connectivity index (χ4n) is 4.44. The molecule has 4 nitrogen and oxygen atoms in total. The predicted molar refractivity (Wildman–Crippen MR) is 77.2 cm³/mol. The SMILES string of the molecule is CC1CN(C2(CN)CCN3CCCC3C2)C(C)CO1. The summed E-state index contributed by atoms with van der Waals surface area (Å²) in [4.78, 5) is 5.36. The van der Waals surface area contributed by atoms with Crippen LogP contribution in [-0.2, 0) is 4.74 Å². The molecule has 4 unspecified atom stereocenters. The maximum absolute atomic E-state index is 6.26. The average Bonchev–Trinajstić information content (AvgIpc) is 2.88. The number of hydrogen-bond acceptors (Lipinski definition) is 4. The van der Waals surface area contributed by atoms with Crippen LogP contribution in [0.25, 0.3) is 0 Å². The largest absolute Gasteiger partial charge is 0.376 e. The molecule has 0 radical (unpaired) electrons. The number of ether oxygens (including phenoxy) is 1. The maximum atomic E-state index is 6.26. The maximum Gasteiger partial charge on any atom is 0.0675 e. The third-order valence-electron chi connectivity index (χ3n) is 5.58. The van der Waals surface area contributed by atoms with E-state index >= 15 is 0 Å². The van der Waals surface area contributed by atoms with Gasteiger partial charge in [-0.3, -0.25) is 4.90 Å². The lowest BCUT2D eigenvalue weighted by Gasteiger charge is -2.54. The molecule has 2 N–H and O–H groups in total. The first-order valence-electron chi connectivity index (χ1n) is 7.97. The first-order chi connectivity index (χ1) is 9.14. The molecular formula is C15H29N3O. The molecule has 4 atom stereocenters. The fourth-order valence-corrected chi connectivity index (χ4v) is 4.44. The van der Waals surface area contributed by atoms with Gasteiger partial charge >= 0.3 is 0 Å². The minimum absolute atomic E-state index is 0.225. The number of rotatable bonds is 2. The molecule has 0 saturated carbocycles. The van der Waals surface area contributed by atoms with Crippen LogP contribution < -0.4 is 5.73 Å². The van der Waals surface area contributed by atoms with Gasteiger partial charge in [0.05, 0.1) is 12.7 Å². The van der Waals surface area contributed by atoms with Crippen LogP contribution in [0.2, 0.25) is 0 Å². The van der Waals surface area contributed by atoms with Crippen LogP contribution in [0.1, 0.15) is 39.5 Å². The summed E-state index contributed by atoms with van der Waals surface area (Å²) in [5.41, 5.74) is 6.48. The first kappa shape index (κ1) is 13.8. The van der Waals surface area contributed by atoms with Crippen LogP contribution in [0.3, 0.4) is 0 Å². The number of nitrogens with two attached hydrogens (primary N) is 1. The van der Waals surface area contributed by atoms with Gasteiger partial charge in [0.2, 0.25) is 0 Å². The van der Waals surface area contributed by atoms with Crippen LogP contribution >= 0.6 is 0 Å². The summed E-state index contributed by atoms with van der Waals surface area (Å²) in [7, 11) is 0. The van der Waals surface area contributed by atoms with Crippen molar-refractivity contribution in [2.75, 3.05) is 32.8 Å². The molecule has 0 aromatic heterocycles. The van der Waals surface area contributed by atoms with Gasteiger partial charge in [0.25, 0.3) is 0 Å². The topological polar surface area (TPSA) is 41.7 Å². The highest BCUT2D eigenvalue weighted by atomic mass is 16.5. The zero-order chi connectivity index (χ0) is 13.5. The molecule has 3 heterocycles. The molecule has 19 heavy (non-hydrogen) atoms. The summed E-state index contributed by atoms with van der Waals surface area (Å²) < 4.78 is 5.79. The lowest BCUT2D eigenvalue weighted by Crippen LogP contribution is -2.66. The Balaban J connectivity index is 1.78. The van der Waals surface area contributed by atoms with Crippen molar-refractivity contribution in [3.63, 3.8) is 0 Å². The van der Waals surface area contributed by atoms with Crippen molar-refractivity contribution in [2.24, 2.45) is 5.73 Å². The van der Waals surface area contributed by atoms with E-state index in [4.69, 9.17) is 10.5 Å². The average molecular weight is 267 g/mol. The lowest BCUT2D eigenvalue weighted by molar-refractivity contribution is -0.111. The van der Waals surface area contributed by atoms with Gasteiger partial charge in [0, 0.05) is 37.3 Å². The van der Waals surface area contributed by atoms with Crippen LogP contribution in [0.5, 0.6) is 0 Å². The quantitative estimate of drug-likeness (QED) is 0.812. The minimum Gasteiger partial charge on any atom is -0.376 e. The van der Waals surface area contributed by atoms with E-state index in [9.17, 15) is 0 Å². The zero-order valence-electron chi connectivity index (χ0n) is 12.5. The van der Waals surface area contributed by atoms with Gasteiger partial charge in [-0.05, 0) is 46.1 Å². The molecule has 0 spiro atoms. The fraction of sp³-hybridized carbons (Fsp3) is 1.00. The molecule has 0 amide bonds. The van der Waals surface area contributed by atoms with Crippen LogP contribution in [0, 0.1) is 0 Å². The summed E-state index contributed by atoms with van der Waals surface area (Å²) >= 11 is 0. The van der Waals surface area contributed by atoms with Crippen molar-refractivity contribution < 1.29 is 4.74 Å². The highest BCUT2D eigenvalue weighted by Crippen LogP contribution is 2.38. The summed E-state index contributed by atoms with van der Waals surface area (Å²) in [5, 5.41) is 0. The second-order valence-electron chi connectivity index (χ2n) is 6.86. The van der Waals surface area contributed by atoms with Crippen LogP contribution in [0.4, 0.5) is 0 Å². The van der Waals surface area contributed by atoms with Gasteiger partial charge in [-0.1, -0.05) is 0 Å². The minimum atomic E-state index is 0.225. The monoisotopic (exact) mass is 267 g/mol. The van der Waals surface area contributed by atoms with Gasteiger partial charge in [-0.25, -0.2) is 0 Å². The van der Waals surface area contributed by atoms with Crippen molar-refractivity contribution in [3.05, 3.63) is 0 Å². The normalized spacial score (nSPS) is 45.3. The van der Waals surface area contributed by atoms with Crippen LogP contribution in [0.15, 0.2) is 0 Å². The Labute approximate surface area is 117 Å². The number of nitrogens with zero attached hydrogens (tertiary/aromatic N) is 2. The van der Waals surface area contributed by atoms with E-state index in [1.807, 2.05) is 0 Å². The Kier molecular flexibility index (Phi) is 3.87. The van der Waals surface area contributed by atoms with E-state index in [1.165, 1.54) is 38.8 Å². The van der Waals surface area contributed by atoms with E-state index in [1.54, 1.807) is 0 Å². The van der Waals surface area contributed by atoms with Crippen molar-refractivity contribution in [1.82, 2.24) is 9.80 Å². The second-order valence-corrected chi connectivity index (χ2v) is 6.86. The molecule has 0 bridgehead atoms. The molecular weight excluding hydrogens is 238 g/mol. The molecule has 0 aromatic rings. The van der Waals surface area contributed by atoms with Crippen molar-refractivity contribution in [2.45, 2.75) is 63.3 Å². The Hall–Kier alpha value is -0.160. The standard InChI is InChI=1S/C15H29N3O/c1-12-10-19-13(2)9-18(12)15(11-16)5-7-17-6-3-4-14(17)8-15/h12-14H,3-11,16H2,1-2H3. The molecule has 4 heteroatoms. The molecule has 0 aromatic carbocycles. The third kappa shape index (κ3) is 2.44. The van der Waals surface area contributed by atoms with Gasteiger partial charge < -0.3 is 15.4 Å². The molecule has 110 valence electrons. The highest BCUT2D eigenvalue weighted by molar-refractivity contribution is 5.04. The number of morpholine rings is 1. The predicted octanol–water partition coefficient (Wildman–Crippen LogP) is 1.05. The van der Waals surface area contributed by atoms with Gasteiger partial charge in [0.1, 0.15) is 0 Å². The van der Waals surface area contributed by atoms with Crippen molar-refractivity contribution in [1.29, 1.82) is 0 Å². The first-order valence-corrected chi connectivity index (χ1v) is 7.97. The summed E-state index contributed by atoms with van der Waals surface area (Å²) in [6, 6.07) is 1.29. The van der Waals surface area contributed by atoms with Gasteiger partial charge in [-0.2, -0.15) is 0 Å².